The van der Waals surface area contributed by atoms with E-state index in [9.17, 15) is 14.4 Å². The number of nitrogens with zero attached hydrogens (tertiary/aromatic N) is 2. The average Bonchev–Trinajstić information content (AvgIpc) is 2.26. The van der Waals surface area contributed by atoms with E-state index in [1.807, 2.05) is 0 Å². The van der Waals surface area contributed by atoms with Gasteiger partial charge < -0.3 is 16.4 Å². The maximum Gasteiger partial charge on any atom is 0.237 e. The van der Waals surface area contributed by atoms with E-state index in [0.29, 0.717) is 23.2 Å². The van der Waals surface area contributed by atoms with E-state index in [1.165, 1.54) is 11.1 Å². The van der Waals surface area contributed by atoms with Crippen molar-refractivity contribution >= 4 is 23.9 Å². The highest BCUT2D eigenvalue weighted by atomic mass is 16.2. The first-order valence-corrected chi connectivity index (χ1v) is 5.17. The van der Waals surface area contributed by atoms with Gasteiger partial charge in [-0.2, -0.15) is 0 Å². The molecule has 0 bridgehead atoms. The largest absolute Gasteiger partial charge is 0.368 e. The number of anilines is 1. The third-order valence-corrected chi connectivity index (χ3v) is 2.20. The summed E-state index contributed by atoms with van der Waals surface area (Å²) in [5.41, 5.74) is 11.3. The number of primary amides is 2. The summed E-state index contributed by atoms with van der Waals surface area (Å²) in [6.45, 7) is 1.37. The van der Waals surface area contributed by atoms with Gasteiger partial charge in [-0.3, -0.25) is 14.4 Å². The molecule has 1 aromatic rings. The van der Waals surface area contributed by atoms with E-state index in [0.717, 1.165) is 0 Å². The monoisotopic (exact) mass is 250 g/mol. The Morgan fingerprint density at radius 2 is 1.89 bits per heavy atom. The van der Waals surface area contributed by atoms with Crippen molar-refractivity contribution in [2.75, 3.05) is 18.0 Å². The van der Waals surface area contributed by atoms with Crippen molar-refractivity contribution < 1.29 is 14.4 Å². The van der Waals surface area contributed by atoms with Gasteiger partial charge in [-0.25, -0.2) is 4.98 Å². The van der Waals surface area contributed by atoms with Crippen LogP contribution < -0.4 is 16.4 Å². The molecule has 7 nitrogen and oxygen atoms in total. The highest BCUT2D eigenvalue weighted by Crippen LogP contribution is 2.16. The lowest BCUT2D eigenvalue weighted by Crippen LogP contribution is -2.40. The van der Waals surface area contributed by atoms with Gasteiger partial charge in [0.05, 0.1) is 13.1 Å². The number of amides is 2. The number of rotatable bonds is 6. The number of hydrogen-bond donors (Lipinski definition) is 2. The molecule has 0 saturated carbocycles. The Balaban J connectivity index is 3.07. The fraction of sp³-hybridized carbons (Fsp3) is 0.273. The molecule has 0 unspecified atom stereocenters. The lowest BCUT2D eigenvalue weighted by molar-refractivity contribution is -0.117. The smallest absolute Gasteiger partial charge is 0.237 e. The molecule has 1 heterocycles. The molecule has 0 fully saturated rings. The molecule has 0 atom stereocenters. The van der Waals surface area contributed by atoms with E-state index in [2.05, 4.69) is 4.98 Å². The third-order valence-electron chi connectivity index (χ3n) is 2.20. The Labute approximate surface area is 104 Å². The Morgan fingerprint density at radius 1 is 1.33 bits per heavy atom. The van der Waals surface area contributed by atoms with Crippen LogP contribution in [0.1, 0.15) is 15.9 Å². The number of pyridine rings is 1. The molecule has 7 heteroatoms. The molecule has 18 heavy (non-hydrogen) atoms. The predicted molar refractivity (Wildman–Crippen MR) is 65.0 cm³/mol. The number of carbonyl (C=O) groups excluding carboxylic acids is 3. The maximum atomic E-state index is 10.9. The van der Waals surface area contributed by atoms with Crippen LogP contribution in [0.4, 0.5) is 5.82 Å². The minimum absolute atomic E-state index is 0.169. The molecule has 0 aliphatic rings. The lowest BCUT2D eigenvalue weighted by Gasteiger charge is -2.22. The molecule has 2 amide bonds. The second-order valence-electron chi connectivity index (χ2n) is 3.82. The molecule has 0 saturated heterocycles. The molecule has 96 valence electrons. The van der Waals surface area contributed by atoms with Gasteiger partial charge in [0, 0.05) is 11.8 Å². The van der Waals surface area contributed by atoms with Crippen LogP contribution >= 0.6 is 0 Å². The van der Waals surface area contributed by atoms with Crippen molar-refractivity contribution in [1.82, 2.24) is 4.98 Å². The van der Waals surface area contributed by atoms with Gasteiger partial charge in [0.2, 0.25) is 11.8 Å². The number of aromatic nitrogens is 1. The molecule has 1 aromatic heterocycles. The van der Waals surface area contributed by atoms with Crippen LogP contribution in [-0.2, 0) is 9.59 Å². The Hall–Kier alpha value is -2.44. The number of hydrogen-bond acceptors (Lipinski definition) is 5. The maximum absolute atomic E-state index is 10.9. The van der Waals surface area contributed by atoms with Crippen LogP contribution in [0.2, 0.25) is 0 Å². The van der Waals surface area contributed by atoms with E-state index in [4.69, 9.17) is 11.5 Å². The summed E-state index contributed by atoms with van der Waals surface area (Å²) in [6.07, 6.45) is 2.01. The van der Waals surface area contributed by atoms with Gasteiger partial charge in [0.1, 0.15) is 5.82 Å². The van der Waals surface area contributed by atoms with Crippen molar-refractivity contribution in [2.24, 2.45) is 11.5 Å². The summed E-state index contributed by atoms with van der Waals surface area (Å²) in [5, 5.41) is 0. The van der Waals surface area contributed by atoms with Gasteiger partial charge in [-0.05, 0) is 18.6 Å². The molecule has 0 aromatic carbocycles. The topological polar surface area (TPSA) is 119 Å². The fourth-order valence-electron chi connectivity index (χ4n) is 1.57. The first kappa shape index (κ1) is 13.6. The molecule has 1 rings (SSSR count). The van der Waals surface area contributed by atoms with E-state index in [-0.39, 0.29) is 13.1 Å². The Morgan fingerprint density at radius 3 is 2.28 bits per heavy atom. The Kier molecular flexibility index (Phi) is 4.36. The van der Waals surface area contributed by atoms with Gasteiger partial charge in [0.15, 0.2) is 6.29 Å². The molecule has 0 radical (unpaired) electrons. The highest BCUT2D eigenvalue weighted by molar-refractivity contribution is 5.85. The van der Waals surface area contributed by atoms with Gasteiger partial charge in [-0.15, -0.1) is 0 Å². The number of carbonyl (C=O) groups is 3. The van der Waals surface area contributed by atoms with Gasteiger partial charge in [0.25, 0.3) is 0 Å². The zero-order valence-electron chi connectivity index (χ0n) is 9.92. The van der Waals surface area contributed by atoms with Crippen LogP contribution in [0.15, 0.2) is 12.3 Å². The summed E-state index contributed by atoms with van der Waals surface area (Å²) < 4.78 is 0. The zero-order chi connectivity index (χ0) is 13.7. The van der Waals surface area contributed by atoms with Crippen LogP contribution in [0.3, 0.4) is 0 Å². The molecule has 4 N–H and O–H groups in total. The van der Waals surface area contributed by atoms with E-state index in [1.54, 1.807) is 13.0 Å². The highest BCUT2D eigenvalue weighted by Gasteiger charge is 2.15. The zero-order valence-corrected chi connectivity index (χ0v) is 9.92. The standard InChI is InChI=1S/C11H14N4O3/c1-7-2-8(6-16)3-14-11(7)15(4-9(12)17)5-10(13)18/h2-3,6H,4-5H2,1H3,(H2,12,17)(H2,13,18). The predicted octanol–water partition coefficient (Wildman–Crippen LogP) is -1.02. The lowest BCUT2D eigenvalue weighted by atomic mass is 10.2. The summed E-state index contributed by atoms with van der Waals surface area (Å²) in [7, 11) is 0. The minimum atomic E-state index is -0.600. The molecule has 0 aliphatic heterocycles. The number of aldehydes is 1. The van der Waals surface area contributed by atoms with E-state index >= 15 is 0 Å². The first-order valence-electron chi connectivity index (χ1n) is 5.17. The van der Waals surface area contributed by atoms with Crippen molar-refractivity contribution in [3.05, 3.63) is 23.4 Å². The first-order chi connectivity index (χ1) is 8.43. The van der Waals surface area contributed by atoms with Crippen molar-refractivity contribution in [3.8, 4) is 0 Å². The molecular formula is C11H14N4O3. The van der Waals surface area contributed by atoms with E-state index < -0.39 is 11.8 Å². The summed E-state index contributed by atoms with van der Waals surface area (Å²) >= 11 is 0. The van der Waals surface area contributed by atoms with Crippen LogP contribution in [0.5, 0.6) is 0 Å². The van der Waals surface area contributed by atoms with Crippen molar-refractivity contribution in [1.29, 1.82) is 0 Å². The second kappa shape index (κ2) is 5.76. The fourth-order valence-corrected chi connectivity index (χ4v) is 1.57. The van der Waals surface area contributed by atoms with Crippen molar-refractivity contribution in [3.63, 3.8) is 0 Å². The second-order valence-corrected chi connectivity index (χ2v) is 3.82. The van der Waals surface area contributed by atoms with Gasteiger partial charge >= 0.3 is 0 Å². The Bertz CT molecular complexity index is 471. The summed E-state index contributed by atoms with van der Waals surface area (Å²) in [4.78, 5) is 37.9. The third kappa shape index (κ3) is 3.55. The van der Waals surface area contributed by atoms with Crippen LogP contribution in [0.25, 0.3) is 0 Å². The number of aryl methyl sites for hydroxylation is 1. The quantitative estimate of drug-likeness (QED) is 0.626. The molecule has 0 aliphatic carbocycles. The minimum Gasteiger partial charge on any atom is -0.368 e. The van der Waals surface area contributed by atoms with Gasteiger partial charge in [-0.1, -0.05) is 0 Å². The van der Waals surface area contributed by atoms with Crippen molar-refractivity contribution in [2.45, 2.75) is 6.92 Å². The average molecular weight is 250 g/mol. The van der Waals surface area contributed by atoms with Crippen LogP contribution in [0, 0.1) is 6.92 Å². The summed E-state index contributed by atoms with van der Waals surface area (Å²) in [6, 6.07) is 1.60. The summed E-state index contributed by atoms with van der Waals surface area (Å²) in [5.74, 6) is -0.799. The normalized spacial score (nSPS) is 9.83. The number of nitrogens with two attached hydrogens (primary N) is 2. The van der Waals surface area contributed by atoms with Crippen LogP contribution in [-0.4, -0.2) is 36.2 Å². The molecular weight excluding hydrogens is 236 g/mol. The SMILES string of the molecule is Cc1cc(C=O)cnc1N(CC(N)=O)CC(N)=O. The molecule has 0 spiro atoms.